The number of hydrogen-bond acceptors (Lipinski definition) is 2. The molecule has 0 aromatic heterocycles. The van der Waals surface area contributed by atoms with E-state index in [1.807, 2.05) is 6.07 Å². The van der Waals surface area contributed by atoms with Crippen molar-refractivity contribution < 1.29 is 9.47 Å². The quantitative estimate of drug-likeness (QED) is 0.165. The third-order valence-electron chi connectivity index (χ3n) is 5.19. The molecule has 0 aliphatic carbocycles. The summed E-state index contributed by atoms with van der Waals surface area (Å²) < 4.78 is 15.2. The van der Waals surface area contributed by atoms with Gasteiger partial charge in [-0.15, -0.1) is 0 Å². The SMILES string of the molecule is C=CCOc1c(Br)cc(C(C)(c2ccccc2)c2cc(Br)c(OCC=C)c(Br)c2)cc1Br. The first kappa shape index (κ1) is 25.3. The van der Waals surface area contributed by atoms with E-state index in [2.05, 4.69) is 132 Å². The Bertz CT molecular complexity index is 1010. The van der Waals surface area contributed by atoms with Gasteiger partial charge in [0.1, 0.15) is 24.7 Å². The minimum atomic E-state index is -0.453. The van der Waals surface area contributed by atoms with Gasteiger partial charge in [-0.05, 0) is 112 Å². The molecule has 3 aromatic carbocycles. The van der Waals surface area contributed by atoms with Gasteiger partial charge in [0.2, 0.25) is 0 Å². The minimum absolute atomic E-state index is 0.429. The van der Waals surface area contributed by atoms with E-state index in [0.29, 0.717) is 13.2 Å². The van der Waals surface area contributed by atoms with Crippen molar-refractivity contribution in [1.29, 1.82) is 0 Å². The van der Waals surface area contributed by atoms with Gasteiger partial charge in [-0.3, -0.25) is 0 Å². The van der Waals surface area contributed by atoms with Gasteiger partial charge in [-0.25, -0.2) is 0 Å². The number of halogens is 4. The fourth-order valence-corrected chi connectivity index (χ4v) is 6.36. The monoisotopic (exact) mass is 682 g/mol. The van der Waals surface area contributed by atoms with Crippen LogP contribution in [0.5, 0.6) is 11.5 Å². The molecule has 0 bridgehead atoms. The van der Waals surface area contributed by atoms with Crippen LogP contribution in [0, 0.1) is 0 Å². The molecular weight excluding hydrogens is 664 g/mol. The highest BCUT2D eigenvalue weighted by molar-refractivity contribution is 9.11. The summed E-state index contributed by atoms with van der Waals surface area (Å²) in [5.41, 5.74) is 2.92. The Balaban J connectivity index is 2.22. The normalized spacial score (nSPS) is 11.2. The van der Waals surface area contributed by atoms with Crippen LogP contribution in [-0.2, 0) is 5.41 Å². The maximum Gasteiger partial charge on any atom is 0.148 e. The molecule has 6 heteroatoms. The van der Waals surface area contributed by atoms with Crippen molar-refractivity contribution in [2.75, 3.05) is 13.2 Å². The van der Waals surface area contributed by atoms with Crippen LogP contribution in [0.4, 0.5) is 0 Å². The second-order valence-corrected chi connectivity index (χ2v) is 10.6. The third-order valence-corrected chi connectivity index (χ3v) is 7.55. The molecule has 0 saturated carbocycles. The van der Waals surface area contributed by atoms with Crippen LogP contribution in [0.15, 0.2) is 97.8 Å². The maximum absolute atomic E-state index is 5.84. The van der Waals surface area contributed by atoms with E-state index in [4.69, 9.17) is 9.47 Å². The summed E-state index contributed by atoms with van der Waals surface area (Å²) in [6.45, 7) is 10.5. The van der Waals surface area contributed by atoms with Gasteiger partial charge in [0, 0.05) is 5.41 Å². The molecule has 0 atom stereocenters. The van der Waals surface area contributed by atoms with Crippen molar-refractivity contribution in [3.05, 3.63) is 114 Å². The Kier molecular flexibility index (Phi) is 8.84. The summed E-state index contributed by atoms with van der Waals surface area (Å²) in [6.07, 6.45) is 3.46. The summed E-state index contributed by atoms with van der Waals surface area (Å²) >= 11 is 14.8. The van der Waals surface area contributed by atoms with E-state index in [0.717, 1.165) is 46.1 Å². The second kappa shape index (κ2) is 11.2. The molecular formula is C26H22Br4O2. The summed E-state index contributed by atoms with van der Waals surface area (Å²) in [5, 5.41) is 0. The molecule has 0 spiro atoms. The molecule has 0 N–H and O–H groups in total. The van der Waals surface area contributed by atoms with Gasteiger partial charge >= 0.3 is 0 Å². The Labute approximate surface area is 223 Å². The van der Waals surface area contributed by atoms with Gasteiger partial charge in [0.15, 0.2) is 0 Å². The molecule has 3 aromatic rings. The van der Waals surface area contributed by atoms with E-state index in [1.165, 1.54) is 0 Å². The topological polar surface area (TPSA) is 18.5 Å². The summed E-state index contributed by atoms with van der Waals surface area (Å²) in [6, 6.07) is 18.9. The summed E-state index contributed by atoms with van der Waals surface area (Å²) in [5.74, 6) is 1.50. The number of ether oxygens (including phenoxy) is 2. The molecule has 0 aliphatic heterocycles. The maximum atomic E-state index is 5.84. The highest BCUT2D eigenvalue weighted by Gasteiger charge is 2.33. The molecule has 0 aliphatic rings. The van der Waals surface area contributed by atoms with Crippen molar-refractivity contribution >= 4 is 63.7 Å². The van der Waals surface area contributed by atoms with Gasteiger partial charge in [-0.1, -0.05) is 55.6 Å². The molecule has 0 radical (unpaired) electrons. The number of hydrogen-bond donors (Lipinski definition) is 0. The lowest BCUT2D eigenvalue weighted by Gasteiger charge is -2.33. The van der Waals surface area contributed by atoms with Crippen LogP contribution in [0.25, 0.3) is 0 Å². The van der Waals surface area contributed by atoms with Crippen LogP contribution in [0.2, 0.25) is 0 Å². The van der Waals surface area contributed by atoms with Gasteiger partial charge < -0.3 is 9.47 Å². The van der Waals surface area contributed by atoms with Crippen LogP contribution < -0.4 is 9.47 Å². The molecule has 3 rings (SSSR count). The first-order valence-electron chi connectivity index (χ1n) is 9.84. The van der Waals surface area contributed by atoms with Crippen LogP contribution in [-0.4, -0.2) is 13.2 Å². The predicted octanol–water partition coefficient (Wildman–Crippen LogP) is 9.22. The van der Waals surface area contributed by atoms with Crippen molar-refractivity contribution in [2.24, 2.45) is 0 Å². The Morgan fingerprint density at radius 3 is 1.41 bits per heavy atom. The van der Waals surface area contributed by atoms with E-state index in [9.17, 15) is 0 Å². The lowest BCUT2D eigenvalue weighted by molar-refractivity contribution is 0.358. The Morgan fingerprint density at radius 1 is 0.688 bits per heavy atom. The molecule has 0 amide bonds. The van der Waals surface area contributed by atoms with E-state index < -0.39 is 5.41 Å². The minimum Gasteiger partial charge on any atom is -0.487 e. The van der Waals surface area contributed by atoms with Crippen LogP contribution >= 0.6 is 63.7 Å². The van der Waals surface area contributed by atoms with E-state index in [-0.39, 0.29) is 0 Å². The first-order chi connectivity index (χ1) is 15.3. The predicted molar refractivity (Wildman–Crippen MR) is 147 cm³/mol. The molecule has 0 fully saturated rings. The molecule has 0 heterocycles. The Morgan fingerprint density at radius 2 is 1.06 bits per heavy atom. The highest BCUT2D eigenvalue weighted by Crippen LogP contribution is 2.47. The molecule has 2 nitrogen and oxygen atoms in total. The standard InChI is InChI=1S/C26H22Br4O2/c1-4-11-31-24-20(27)13-18(14-21(24)28)26(3,17-9-7-6-8-10-17)19-15-22(29)25(23(30)16-19)32-12-5-2/h4-10,13-16H,1-2,11-12H2,3H3. The van der Waals surface area contributed by atoms with Crippen LogP contribution in [0.3, 0.4) is 0 Å². The average Bonchev–Trinajstić information content (AvgIpc) is 2.78. The Hall–Kier alpha value is -1.34. The van der Waals surface area contributed by atoms with E-state index >= 15 is 0 Å². The number of rotatable bonds is 9. The second-order valence-electron chi connectivity index (χ2n) is 7.23. The van der Waals surface area contributed by atoms with Gasteiger partial charge in [-0.2, -0.15) is 0 Å². The van der Waals surface area contributed by atoms with E-state index in [1.54, 1.807) is 12.2 Å². The third kappa shape index (κ3) is 5.24. The summed E-state index contributed by atoms with van der Waals surface area (Å²) in [7, 11) is 0. The van der Waals surface area contributed by atoms with Crippen LogP contribution in [0.1, 0.15) is 23.6 Å². The molecule has 0 saturated heterocycles. The van der Waals surface area contributed by atoms with Gasteiger partial charge in [0.25, 0.3) is 0 Å². The fourth-order valence-electron chi connectivity index (χ4n) is 3.53. The highest BCUT2D eigenvalue weighted by atomic mass is 79.9. The van der Waals surface area contributed by atoms with Crippen molar-refractivity contribution in [1.82, 2.24) is 0 Å². The molecule has 32 heavy (non-hydrogen) atoms. The molecule has 0 unspecified atom stereocenters. The summed E-state index contributed by atoms with van der Waals surface area (Å²) in [4.78, 5) is 0. The largest absolute Gasteiger partial charge is 0.487 e. The van der Waals surface area contributed by atoms with Crippen molar-refractivity contribution in [2.45, 2.75) is 12.3 Å². The fraction of sp³-hybridized carbons (Fsp3) is 0.154. The first-order valence-corrected chi connectivity index (χ1v) is 13.0. The number of benzene rings is 3. The molecule has 166 valence electrons. The van der Waals surface area contributed by atoms with Crippen molar-refractivity contribution in [3.8, 4) is 11.5 Å². The van der Waals surface area contributed by atoms with Crippen molar-refractivity contribution in [3.63, 3.8) is 0 Å². The zero-order valence-electron chi connectivity index (χ0n) is 17.5. The smallest absolute Gasteiger partial charge is 0.148 e. The zero-order valence-corrected chi connectivity index (χ0v) is 23.9. The average molecular weight is 686 g/mol. The zero-order chi connectivity index (χ0) is 23.3. The lowest BCUT2D eigenvalue weighted by atomic mass is 9.71. The lowest BCUT2D eigenvalue weighted by Crippen LogP contribution is -2.25. The van der Waals surface area contributed by atoms with Gasteiger partial charge in [0.05, 0.1) is 17.9 Å².